The Morgan fingerprint density at radius 2 is 2.00 bits per heavy atom. The predicted molar refractivity (Wildman–Crippen MR) is 39.4 cm³/mol. The Bertz CT molecular complexity index is 129. The van der Waals surface area contributed by atoms with Crippen LogP contribution in [-0.2, 0) is 0 Å². The molecule has 0 amide bonds. The lowest BCUT2D eigenvalue weighted by Gasteiger charge is -1.73. The number of hydrogen-bond acceptors (Lipinski definition) is 1. The first-order valence-corrected chi connectivity index (χ1v) is 3.33. The molecule has 0 N–H and O–H groups in total. The zero-order valence-electron chi connectivity index (χ0n) is 5.12. The summed E-state index contributed by atoms with van der Waals surface area (Å²) in [6.45, 7) is 3.66. The molecule has 0 aromatic rings. The molecule has 42 valence electrons. The van der Waals surface area contributed by atoms with Gasteiger partial charge in [-0.15, -0.1) is 5.92 Å². The highest BCUT2D eigenvalue weighted by atomic mass is 32.2. The molecule has 8 heavy (non-hydrogen) atoms. The minimum atomic E-state index is 0.831. The van der Waals surface area contributed by atoms with Crippen molar-refractivity contribution in [3.63, 3.8) is 0 Å². The SMILES string of the molecule is CC#CCSC#CC. The van der Waals surface area contributed by atoms with E-state index in [9.17, 15) is 0 Å². The summed E-state index contributed by atoms with van der Waals surface area (Å²) in [6, 6.07) is 0. The molecule has 0 nitrogen and oxygen atoms in total. The molecule has 0 fully saturated rings. The van der Waals surface area contributed by atoms with Gasteiger partial charge in [0, 0.05) is 0 Å². The number of thioether (sulfide) groups is 1. The molecular formula is C7H8S. The van der Waals surface area contributed by atoms with Gasteiger partial charge >= 0.3 is 0 Å². The van der Waals surface area contributed by atoms with Crippen LogP contribution in [0.3, 0.4) is 0 Å². The predicted octanol–water partition coefficient (Wildman–Crippen LogP) is 1.72. The molecule has 0 aliphatic carbocycles. The van der Waals surface area contributed by atoms with E-state index in [1.807, 2.05) is 13.8 Å². The Balaban J connectivity index is 3.10. The molecule has 0 aromatic carbocycles. The van der Waals surface area contributed by atoms with Gasteiger partial charge in [0.15, 0.2) is 0 Å². The van der Waals surface area contributed by atoms with Crippen LogP contribution in [0.4, 0.5) is 0 Å². The largest absolute Gasteiger partial charge is 0.106 e. The summed E-state index contributed by atoms with van der Waals surface area (Å²) in [5.41, 5.74) is 0. The van der Waals surface area contributed by atoms with Crippen LogP contribution >= 0.6 is 11.8 Å². The van der Waals surface area contributed by atoms with Crippen LogP contribution in [0.5, 0.6) is 0 Å². The molecule has 0 spiro atoms. The summed E-state index contributed by atoms with van der Waals surface area (Å²) in [4.78, 5) is 0. The van der Waals surface area contributed by atoms with Crippen LogP contribution in [0.2, 0.25) is 0 Å². The molecular weight excluding hydrogens is 116 g/mol. The Hall–Kier alpha value is -0.530. The third kappa shape index (κ3) is 5.47. The average molecular weight is 124 g/mol. The van der Waals surface area contributed by atoms with E-state index in [4.69, 9.17) is 0 Å². The van der Waals surface area contributed by atoms with Crippen LogP contribution in [0, 0.1) is 23.0 Å². The quantitative estimate of drug-likeness (QED) is 0.379. The van der Waals surface area contributed by atoms with E-state index >= 15 is 0 Å². The molecule has 0 aliphatic rings. The van der Waals surface area contributed by atoms with Crippen molar-refractivity contribution >= 4 is 11.8 Å². The topological polar surface area (TPSA) is 0 Å². The number of hydrogen-bond donors (Lipinski definition) is 0. The van der Waals surface area contributed by atoms with E-state index in [0.29, 0.717) is 0 Å². The second kappa shape index (κ2) is 6.47. The standard InChI is InChI=1S/C7H8S/c1-3-5-7-8-6-4-2/h7H2,1-2H3. The Kier molecular flexibility index (Phi) is 6.04. The summed E-state index contributed by atoms with van der Waals surface area (Å²) in [5, 5.41) is 2.85. The van der Waals surface area contributed by atoms with Gasteiger partial charge in [0.1, 0.15) is 0 Å². The molecule has 0 rings (SSSR count). The highest BCUT2D eigenvalue weighted by Crippen LogP contribution is 1.91. The third-order valence-electron chi connectivity index (χ3n) is 0.495. The average Bonchev–Trinajstić information content (AvgIpc) is 1.81. The minimum Gasteiger partial charge on any atom is -0.106 e. The Morgan fingerprint density at radius 3 is 2.50 bits per heavy atom. The van der Waals surface area contributed by atoms with Gasteiger partial charge in [0.25, 0.3) is 0 Å². The summed E-state index contributed by atoms with van der Waals surface area (Å²) >= 11 is 1.54. The van der Waals surface area contributed by atoms with Crippen molar-refractivity contribution in [2.45, 2.75) is 13.8 Å². The molecule has 0 heterocycles. The Morgan fingerprint density at radius 1 is 1.25 bits per heavy atom. The molecule has 0 atom stereocenters. The zero-order valence-corrected chi connectivity index (χ0v) is 5.93. The first kappa shape index (κ1) is 7.47. The maximum atomic E-state index is 2.89. The first-order chi connectivity index (χ1) is 3.91. The van der Waals surface area contributed by atoms with Gasteiger partial charge in [-0.2, -0.15) is 0 Å². The third-order valence-corrected chi connectivity index (χ3v) is 1.13. The van der Waals surface area contributed by atoms with Gasteiger partial charge in [-0.1, -0.05) is 23.6 Å². The summed E-state index contributed by atoms with van der Waals surface area (Å²) in [6.07, 6.45) is 0. The second-order valence-corrected chi connectivity index (χ2v) is 1.85. The van der Waals surface area contributed by atoms with Crippen molar-refractivity contribution in [3.8, 4) is 23.0 Å². The van der Waals surface area contributed by atoms with Gasteiger partial charge < -0.3 is 0 Å². The monoisotopic (exact) mass is 124 g/mol. The summed E-state index contributed by atoms with van der Waals surface area (Å²) < 4.78 is 0. The van der Waals surface area contributed by atoms with Crippen molar-refractivity contribution in [1.29, 1.82) is 0 Å². The highest BCUT2D eigenvalue weighted by Gasteiger charge is 1.69. The van der Waals surface area contributed by atoms with Crippen molar-refractivity contribution < 1.29 is 0 Å². The van der Waals surface area contributed by atoms with E-state index in [-0.39, 0.29) is 0 Å². The van der Waals surface area contributed by atoms with Gasteiger partial charge in [-0.25, -0.2) is 0 Å². The van der Waals surface area contributed by atoms with Crippen molar-refractivity contribution in [2.75, 3.05) is 5.75 Å². The van der Waals surface area contributed by atoms with Gasteiger partial charge in [-0.3, -0.25) is 0 Å². The zero-order chi connectivity index (χ0) is 6.24. The molecule has 0 radical (unpaired) electrons. The molecule has 0 saturated carbocycles. The van der Waals surface area contributed by atoms with Crippen molar-refractivity contribution in [3.05, 3.63) is 0 Å². The normalized spacial score (nSPS) is 5.75. The van der Waals surface area contributed by atoms with E-state index in [2.05, 4.69) is 23.0 Å². The summed E-state index contributed by atoms with van der Waals surface area (Å²) in [7, 11) is 0. The van der Waals surface area contributed by atoms with Crippen molar-refractivity contribution in [1.82, 2.24) is 0 Å². The molecule has 1 heteroatoms. The van der Waals surface area contributed by atoms with Crippen LogP contribution < -0.4 is 0 Å². The highest BCUT2D eigenvalue weighted by molar-refractivity contribution is 8.04. The summed E-state index contributed by atoms with van der Waals surface area (Å²) in [5.74, 6) is 9.28. The lowest BCUT2D eigenvalue weighted by atomic mass is 10.7. The minimum absolute atomic E-state index is 0.831. The van der Waals surface area contributed by atoms with Crippen molar-refractivity contribution in [2.24, 2.45) is 0 Å². The van der Waals surface area contributed by atoms with Crippen LogP contribution in [0.1, 0.15) is 13.8 Å². The molecule has 0 aliphatic heterocycles. The lowest BCUT2D eigenvalue weighted by molar-refractivity contribution is 1.84. The number of rotatable bonds is 1. The fourth-order valence-corrected chi connectivity index (χ4v) is 0.650. The fourth-order valence-electron chi connectivity index (χ4n) is 0.217. The van der Waals surface area contributed by atoms with Gasteiger partial charge in [-0.05, 0) is 19.1 Å². The first-order valence-electron chi connectivity index (χ1n) is 2.35. The molecule has 0 saturated heterocycles. The molecule has 0 unspecified atom stereocenters. The maximum absolute atomic E-state index is 2.89. The Labute approximate surface area is 55.1 Å². The van der Waals surface area contributed by atoms with E-state index in [1.54, 1.807) is 11.8 Å². The van der Waals surface area contributed by atoms with Gasteiger partial charge in [0.05, 0.1) is 5.75 Å². The van der Waals surface area contributed by atoms with Crippen LogP contribution in [0.15, 0.2) is 0 Å². The fraction of sp³-hybridized carbons (Fsp3) is 0.429. The van der Waals surface area contributed by atoms with Crippen LogP contribution in [-0.4, -0.2) is 5.75 Å². The van der Waals surface area contributed by atoms with E-state index in [0.717, 1.165) is 5.75 Å². The second-order valence-electron chi connectivity index (χ2n) is 1.07. The van der Waals surface area contributed by atoms with Gasteiger partial charge in [0.2, 0.25) is 0 Å². The molecule has 0 bridgehead atoms. The smallest absolute Gasteiger partial charge is 0.0670 e. The van der Waals surface area contributed by atoms with Crippen LogP contribution in [0.25, 0.3) is 0 Å². The van der Waals surface area contributed by atoms with E-state index < -0.39 is 0 Å². The van der Waals surface area contributed by atoms with E-state index in [1.165, 1.54) is 0 Å². The lowest BCUT2D eigenvalue weighted by Crippen LogP contribution is -1.62. The molecule has 0 aromatic heterocycles. The maximum Gasteiger partial charge on any atom is 0.0670 e.